The smallest absolute Gasteiger partial charge is 0.369 e. The first kappa shape index (κ1) is 27.1. The van der Waals surface area contributed by atoms with E-state index in [0.717, 1.165) is 24.7 Å². The summed E-state index contributed by atoms with van der Waals surface area (Å²) in [5, 5.41) is 7.58. The van der Waals surface area contributed by atoms with E-state index in [0.29, 0.717) is 42.0 Å². The van der Waals surface area contributed by atoms with E-state index < -0.39 is 40.8 Å². The molecule has 3 N–H and O–H groups in total. The van der Waals surface area contributed by atoms with Crippen LogP contribution in [0.2, 0.25) is 0 Å². The normalized spacial score (nSPS) is 15.6. The lowest BCUT2D eigenvalue weighted by Gasteiger charge is -2.22. The van der Waals surface area contributed by atoms with Crippen molar-refractivity contribution < 1.29 is 36.3 Å². The molecule has 40 heavy (non-hydrogen) atoms. The quantitative estimate of drug-likeness (QED) is 0.222. The van der Waals surface area contributed by atoms with Crippen molar-refractivity contribution in [2.45, 2.75) is 12.3 Å². The second kappa shape index (κ2) is 10.9. The maximum absolute atomic E-state index is 14.7. The summed E-state index contributed by atoms with van der Waals surface area (Å²) in [6.45, 7) is 1.84. The van der Waals surface area contributed by atoms with Crippen LogP contribution in [0.5, 0.6) is 0 Å². The highest BCUT2D eigenvalue weighted by atomic mass is 19.4. The van der Waals surface area contributed by atoms with Gasteiger partial charge in [-0.1, -0.05) is 6.07 Å². The number of carbonyl (C=O) groups is 2. The number of carbonyl (C=O) groups excluding carboxylic acids is 2. The third-order valence-electron chi connectivity index (χ3n) is 6.06. The van der Waals surface area contributed by atoms with Crippen LogP contribution in [0.15, 0.2) is 60.8 Å². The van der Waals surface area contributed by atoms with E-state index in [1.165, 1.54) is 30.5 Å². The number of anilines is 2. The Labute approximate surface area is 223 Å². The lowest BCUT2D eigenvalue weighted by atomic mass is 10.0. The number of halogens is 5. The van der Waals surface area contributed by atoms with E-state index in [4.69, 9.17) is 4.74 Å². The van der Waals surface area contributed by atoms with E-state index in [1.807, 2.05) is 0 Å². The van der Waals surface area contributed by atoms with Crippen molar-refractivity contribution in [3.05, 3.63) is 94.8 Å². The minimum Gasteiger partial charge on any atom is -0.369 e. The topological polar surface area (TPSA) is 105 Å². The van der Waals surface area contributed by atoms with Crippen molar-refractivity contribution in [1.29, 1.82) is 0 Å². The number of ketones is 1. The highest BCUT2D eigenvalue weighted by Crippen LogP contribution is 2.31. The highest BCUT2D eigenvalue weighted by molar-refractivity contribution is 6.11. The molecule has 1 atom stereocenters. The van der Waals surface area contributed by atoms with E-state index in [9.17, 15) is 31.5 Å². The van der Waals surface area contributed by atoms with Crippen molar-refractivity contribution in [3.63, 3.8) is 0 Å². The molecule has 0 aliphatic carbocycles. The Morgan fingerprint density at radius 3 is 2.52 bits per heavy atom. The summed E-state index contributed by atoms with van der Waals surface area (Å²) in [5.74, 6) is -3.73. The number of alkyl halides is 3. The molecule has 4 aromatic rings. The average Bonchev–Trinajstić information content (AvgIpc) is 2.94. The zero-order chi connectivity index (χ0) is 28.4. The second-order valence-corrected chi connectivity index (χ2v) is 8.87. The number of nitrogens with one attached hydrogen (secondary N) is 3. The lowest BCUT2D eigenvalue weighted by Crippen LogP contribution is -2.33. The monoisotopic (exact) mass is 557 g/mol. The number of rotatable bonds is 5. The Morgan fingerprint density at radius 2 is 1.77 bits per heavy atom. The minimum atomic E-state index is -4.62. The number of hydrogen-bond acceptors (Lipinski definition) is 6. The van der Waals surface area contributed by atoms with Crippen molar-refractivity contribution in [2.24, 2.45) is 0 Å². The molecule has 1 unspecified atom stereocenters. The third kappa shape index (κ3) is 5.90. The Hall–Kier alpha value is -4.49. The van der Waals surface area contributed by atoms with E-state index in [2.05, 4.69) is 25.9 Å². The number of aromatic nitrogens is 2. The maximum Gasteiger partial charge on any atom is 0.416 e. The Bertz CT molecular complexity index is 1610. The van der Waals surface area contributed by atoms with Crippen LogP contribution in [-0.4, -0.2) is 41.5 Å². The van der Waals surface area contributed by atoms with E-state index in [-0.39, 0.29) is 23.0 Å². The highest BCUT2D eigenvalue weighted by Gasteiger charge is 2.30. The Morgan fingerprint density at radius 1 is 0.975 bits per heavy atom. The zero-order valence-corrected chi connectivity index (χ0v) is 20.5. The van der Waals surface area contributed by atoms with Gasteiger partial charge in [0.1, 0.15) is 6.10 Å². The van der Waals surface area contributed by atoms with E-state index >= 15 is 0 Å². The molecule has 1 aliphatic heterocycles. The predicted molar refractivity (Wildman–Crippen MR) is 135 cm³/mol. The summed E-state index contributed by atoms with van der Waals surface area (Å²) >= 11 is 0. The number of benzene rings is 3. The van der Waals surface area contributed by atoms with Crippen LogP contribution in [0.25, 0.3) is 11.0 Å². The van der Waals surface area contributed by atoms with Gasteiger partial charge in [0, 0.05) is 36.1 Å². The van der Waals surface area contributed by atoms with Crippen LogP contribution in [0.4, 0.5) is 38.1 Å². The molecule has 1 saturated heterocycles. The van der Waals surface area contributed by atoms with Crippen LogP contribution < -0.4 is 16.0 Å². The van der Waals surface area contributed by atoms with Crippen molar-refractivity contribution >= 4 is 34.2 Å². The molecule has 13 heteroatoms. The van der Waals surface area contributed by atoms with Gasteiger partial charge >= 0.3 is 12.2 Å². The Balaban J connectivity index is 1.35. The molecule has 0 saturated carbocycles. The van der Waals surface area contributed by atoms with Gasteiger partial charge in [-0.05, 0) is 42.5 Å². The summed E-state index contributed by atoms with van der Waals surface area (Å²) in [6.07, 6.45) is -3.38. The maximum atomic E-state index is 14.7. The van der Waals surface area contributed by atoms with Crippen LogP contribution >= 0.6 is 0 Å². The van der Waals surface area contributed by atoms with Crippen LogP contribution in [0.3, 0.4) is 0 Å². The molecular formula is C27H20F5N5O3. The molecule has 1 fully saturated rings. The van der Waals surface area contributed by atoms with Gasteiger partial charge in [0.15, 0.2) is 17.4 Å². The standard InChI is InChI=1S/C27H20F5N5O3/c28-19-11-17(36-26(39)35-16-3-1-2-15(9-16)27(30,31)32)10-18(24(19)29)25(38)14-4-5-20-21(8-14)34-12-22(37-20)23-13-33-6-7-40-23/h1-5,8-12,23,33H,6-7,13H2,(H2,35,36,39). The number of urea groups is 1. The summed E-state index contributed by atoms with van der Waals surface area (Å²) in [4.78, 5) is 34.3. The van der Waals surface area contributed by atoms with Gasteiger partial charge in [0.25, 0.3) is 0 Å². The summed E-state index contributed by atoms with van der Waals surface area (Å²) in [6, 6.07) is 8.70. The van der Waals surface area contributed by atoms with Crippen LogP contribution in [0.1, 0.15) is 33.3 Å². The van der Waals surface area contributed by atoms with Gasteiger partial charge in [-0.25, -0.2) is 18.6 Å². The molecule has 1 aromatic heterocycles. The fraction of sp³-hybridized carbons (Fsp3) is 0.185. The minimum absolute atomic E-state index is 0.00556. The van der Waals surface area contributed by atoms with Gasteiger partial charge in [0.2, 0.25) is 0 Å². The van der Waals surface area contributed by atoms with Crippen molar-refractivity contribution in [3.8, 4) is 0 Å². The largest absolute Gasteiger partial charge is 0.416 e. The predicted octanol–water partition coefficient (Wildman–Crippen LogP) is 5.46. The molecule has 2 heterocycles. The first-order chi connectivity index (χ1) is 19.1. The number of amides is 2. The SMILES string of the molecule is O=C(Nc1cccc(C(F)(F)F)c1)Nc1cc(F)c(F)c(C(=O)c2ccc3nc(C4CNCCO4)cnc3c2)c1. The zero-order valence-electron chi connectivity index (χ0n) is 20.5. The number of ether oxygens (including phenoxy) is 1. The van der Waals surface area contributed by atoms with E-state index in [1.54, 1.807) is 0 Å². The van der Waals surface area contributed by atoms with Gasteiger partial charge < -0.3 is 20.7 Å². The molecule has 3 aromatic carbocycles. The van der Waals surface area contributed by atoms with Crippen molar-refractivity contribution in [1.82, 2.24) is 15.3 Å². The molecule has 206 valence electrons. The second-order valence-electron chi connectivity index (χ2n) is 8.87. The van der Waals surface area contributed by atoms with Gasteiger partial charge in [-0.3, -0.25) is 9.78 Å². The fourth-order valence-corrected chi connectivity index (χ4v) is 4.13. The summed E-state index contributed by atoms with van der Waals surface area (Å²) < 4.78 is 73.5. The van der Waals surface area contributed by atoms with Crippen LogP contribution in [0, 0.1) is 11.6 Å². The molecule has 0 spiro atoms. The van der Waals surface area contributed by atoms with Crippen LogP contribution in [-0.2, 0) is 10.9 Å². The van der Waals surface area contributed by atoms with Gasteiger partial charge in [-0.15, -0.1) is 0 Å². The first-order valence-electron chi connectivity index (χ1n) is 12.0. The number of hydrogen-bond donors (Lipinski definition) is 3. The van der Waals surface area contributed by atoms with Gasteiger partial charge in [-0.2, -0.15) is 13.2 Å². The number of fused-ring (bicyclic) bond motifs is 1. The molecule has 0 bridgehead atoms. The molecule has 8 nitrogen and oxygen atoms in total. The molecular weight excluding hydrogens is 537 g/mol. The van der Waals surface area contributed by atoms with Crippen molar-refractivity contribution in [2.75, 3.05) is 30.3 Å². The molecule has 5 rings (SSSR count). The average molecular weight is 557 g/mol. The van der Waals surface area contributed by atoms with Gasteiger partial charge in [0.05, 0.1) is 40.7 Å². The Kier molecular flexibility index (Phi) is 7.41. The summed E-state index contributed by atoms with van der Waals surface area (Å²) in [7, 11) is 0. The fourth-order valence-electron chi connectivity index (χ4n) is 4.13. The number of nitrogens with zero attached hydrogens (tertiary/aromatic N) is 2. The lowest BCUT2D eigenvalue weighted by molar-refractivity contribution is -0.137. The molecule has 2 amide bonds. The first-order valence-corrected chi connectivity index (χ1v) is 12.0. The number of morpholine rings is 1. The third-order valence-corrected chi connectivity index (χ3v) is 6.06. The molecule has 0 radical (unpaired) electrons. The summed E-state index contributed by atoms with van der Waals surface area (Å²) in [5.41, 5.74) is -0.716. The molecule has 1 aliphatic rings.